The minimum absolute atomic E-state index is 0. The molecular weight excluding hydrogens is 415 g/mol. The Morgan fingerprint density at radius 3 is 2.81 bits per heavy atom. The Labute approximate surface area is 175 Å². The van der Waals surface area contributed by atoms with E-state index in [0.29, 0.717) is 5.69 Å². The van der Waals surface area contributed by atoms with Crippen molar-refractivity contribution in [1.29, 1.82) is 0 Å². The summed E-state index contributed by atoms with van der Waals surface area (Å²) in [5.41, 5.74) is 0.349. The number of ether oxygens (including phenoxy) is 3. The van der Waals surface area contributed by atoms with Crippen molar-refractivity contribution in [3.63, 3.8) is 0 Å². The van der Waals surface area contributed by atoms with Crippen LogP contribution in [0.15, 0.2) is 40.2 Å². The summed E-state index contributed by atoms with van der Waals surface area (Å²) in [4.78, 5) is 19.2. The number of aromatic amines is 1. The van der Waals surface area contributed by atoms with Crippen molar-refractivity contribution in [1.82, 2.24) is 9.55 Å². The Bertz CT molecular complexity index is 823. The molecule has 1 aromatic heterocycles. The maximum absolute atomic E-state index is 12.4. The van der Waals surface area contributed by atoms with Gasteiger partial charge < -0.3 is 34.9 Å². The minimum Gasteiger partial charge on any atom is -0.410 e. The molecule has 1 aliphatic heterocycles. The van der Waals surface area contributed by atoms with Gasteiger partial charge in [0.15, 0.2) is 6.23 Å². The fourth-order valence-electron chi connectivity index (χ4n) is 2.75. The van der Waals surface area contributed by atoms with Crippen LogP contribution in [-0.4, -0.2) is 53.8 Å². The number of hydrogen-bond acceptors (Lipinski definition) is 6. The molecule has 2 heterocycles. The molecule has 1 aliphatic rings. The quantitative estimate of drug-likeness (QED) is 0.643. The molecule has 8 nitrogen and oxygen atoms in total. The van der Waals surface area contributed by atoms with Gasteiger partial charge in [0.1, 0.15) is 18.3 Å². The second-order valence-corrected chi connectivity index (χ2v) is 5.53. The zero-order valence-electron chi connectivity index (χ0n) is 14.5. The van der Waals surface area contributed by atoms with E-state index < -0.39 is 30.2 Å². The summed E-state index contributed by atoms with van der Waals surface area (Å²) in [5, 5.41) is 10.4. The van der Waals surface area contributed by atoms with Crippen LogP contribution in [0.3, 0.4) is 0 Å². The maximum atomic E-state index is 12.4. The predicted molar refractivity (Wildman–Crippen MR) is 87.0 cm³/mol. The third kappa shape index (κ3) is 4.57. The van der Waals surface area contributed by atoms with Crippen molar-refractivity contribution in [2.24, 2.45) is 4.99 Å². The second-order valence-electron chi connectivity index (χ2n) is 5.53. The van der Waals surface area contributed by atoms with Gasteiger partial charge in [0.05, 0.1) is 6.61 Å². The number of aliphatic hydroxyl groups excluding tert-OH is 1. The van der Waals surface area contributed by atoms with Gasteiger partial charge in [-0.1, -0.05) is 5.69 Å². The van der Waals surface area contributed by atoms with Crippen molar-refractivity contribution < 1.29 is 52.0 Å². The van der Waals surface area contributed by atoms with Crippen molar-refractivity contribution in [3.8, 4) is 0 Å². The Morgan fingerprint density at radius 2 is 2.19 bits per heavy atom. The van der Waals surface area contributed by atoms with Gasteiger partial charge in [0, 0.05) is 46.9 Å². The van der Waals surface area contributed by atoms with Crippen LogP contribution in [0.2, 0.25) is 0 Å². The molecule has 0 aliphatic carbocycles. The summed E-state index contributed by atoms with van der Waals surface area (Å²) in [7, 11) is 3.00. The van der Waals surface area contributed by atoms with Gasteiger partial charge in [-0.15, -0.1) is 6.07 Å². The van der Waals surface area contributed by atoms with Crippen LogP contribution in [0, 0.1) is 12.1 Å². The molecule has 1 saturated heterocycles. The molecule has 0 bridgehead atoms. The van der Waals surface area contributed by atoms with Crippen LogP contribution in [0.4, 0.5) is 5.69 Å². The first-order chi connectivity index (χ1) is 12.1. The number of aromatic nitrogens is 2. The van der Waals surface area contributed by atoms with Gasteiger partial charge in [-0.2, -0.15) is 30.5 Å². The van der Waals surface area contributed by atoms with E-state index in [-0.39, 0.29) is 44.8 Å². The van der Waals surface area contributed by atoms with E-state index in [9.17, 15) is 9.90 Å². The first kappa shape index (κ1) is 21.1. The summed E-state index contributed by atoms with van der Waals surface area (Å²) in [6, 6.07) is 12.9. The average molecular weight is 434 g/mol. The third-order valence-electron chi connectivity index (χ3n) is 3.91. The molecule has 1 fully saturated rings. The molecule has 1 unspecified atom stereocenters. The van der Waals surface area contributed by atoms with Crippen LogP contribution in [0.5, 0.6) is 0 Å². The van der Waals surface area contributed by atoms with Gasteiger partial charge in [0.25, 0.3) is 0 Å². The zero-order valence-corrected chi connectivity index (χ0v) is 17.3. The van der Waals surface area contributed by atoms with Gasteiger partial charge in [-0.3, -0.25) is 4.99 Å². The first-order valence-corrected chi connectivity index (χ1v) is 7.74. The fourth-order valence-corrected chi connectivity index (χ4v) is 2.75. The Balaban J connectivity index is 0.00000243. The number of aliphatic hydroxyl groups is 1. The van der Waals surface area contributed by atoms with Crippen molar-refractivity contribution in [2.75, 3.05) is 20.8 Å². The molecule has 26 heavy (non-hydrogen) atoms. The average Bonchev–Trinajstić information content (AvgIpc) is 2.92. The standard InChI is InChI=1S/C17H19N3O5.Y/c1-23-10-12-15(24-2)14(21)16(25-12)20-9-8-13(19-17(20)22)18-11-6-4-3-5-7-11;/h3-6,9,12,14-16,21H,10H2,1-2H3,(H,18,19,22);/q-2;/t12-,14+,15?,16-;/m1./s1. The fraction of sp³-hybridized carbons (Fsp3) is 0.412. The number of benzene rings is 1. The van der Waals surface area contributed by atoms with E-state index in [1.807, 2.05) is 12.1 Å². The summed E-state index contributed by atoms with van der Waals surface area (Å²) >= 11 is 0. The smallest absolute Gasteiger partial charge is 0.324 e. The van der Waals surface area contributed by atoms with E-state index in [4.69, 9.17) is 14.2 Å². The number of methoxy groups -OCH3 is 2. The SMILES string of the molecule is COC[C@H]1O[C@@H](n2c[c-]c(=Nc3[c-]cccc3)[nH]c2=O)[C@@H](O)C1OC.[Y]. The largest absolute Gasteiger partial charge is 0.410 e. The van der Waals surface area contributed by atoms with Gasteiger partial charge in [-0.25, -0.2) is 4.79 Å². The molecule has 9 heteroatoms. The molecule has 1 aromatic carbocycles. The predicted octanol–water partition coefficient (Wildman–Crippen LogP) is -0.0736. The van der Waals surface area contributed by atoms with E-state index in [2.05, 4.69) is 22.1 Å². The van der Waals surface area contributed by atoms with Crippen molar-refractivity contribution in [2.45, 2.75) is 24.5 Å². The molecule has 137 valence electrons. The number of rotatable bonds is 5. The number of H-pyrrole nitrogens is 1. The summed E-state index contributed by atoms with van der Waals surface area (Å²) in [5.74, 6) is 0. The zero-order chi connectivity index (χ0) is 17.8. The summed E-state index contributed by atoms with van der Waals surface area (Å²) in [6.07, 6.45) is -1.60. The second kappa shape index (κ2) is 9.68. The van der Waals surface area contributed by atoms with E-state index in [0.717, 1.165) is 0 Å². The number of hydrogen-bond donors (Lipinski definition) is 2. The number of nitrogens with zero attached hydrogens (tertiary/aromatic N) is 2. The Kier molecular flexibility index (Phi) is 7.88. The Hall–Kier alpha value is -1.16. The van der Waals surface area contributed by atoms with Crippen LogP contribution in [0.1, 0.15) is 6.23 Å². The monoisotopic (exact) mass is 434 g/mol. The molecule has 0 amide bonds. The topological polar surface area (TPSA) is 98.1 Å². The van der Waals surface area contributed by atoms with E-state index >= 15 is 0 Å². The summed E-state index contributed by atoms with van der Waals surface area (Å²) in [6.45, 7) is 0.242. The number of para-hydroxylation sites is 1. The van der Waals surface area contributed by atoms with E-state index in [1.54, 1.807) is 12.1 Å². The van der Waals surface area contributed by atoms with Crippen molar-refractivity contribution in [3.05, 3.63) is 58.6 Å². The maximum Gasteiger partial charge on any atom is 0.324 e. The molecule has 1 radical (unpaired) electrons. The molecule has 2 aromatic rings. The van der Waals surface area contributed by atoms with Crippen LogP contribution in [-0.2, 0) is 46.9 Å². The van der Waals surface area contributed by atoms with Gasteiger partial charge in [-0.05, 0) is 5.49 Å². The Morgan fingerprint density at radius 1 is 1.38 bits per heavy atom. The molecule has 0 spiro atoms. The third-order valence-corrected chi connectivity index (χ3v) is 3.91. The normalized spacial score (nSPS) is 25.9. The minimum atomic E-state index is -1.02. The molecule has 0 saturated carbocycles. The number of nitrogens with one attached hydrogen (secondary N) is 1. The molecule has 2 N–H and O–H groups in total. The van der Waals surface area contributed by atoms with Crippen molar-refractivity contribution >= 4 is 5.69 Å². The van der Waals surface area contributed by atoms with Crippen LogP contribution < -0.4 is 11.2 Å². The first-order valence-electron chi connectivity index (χ1n) is 7.74. The molecule has 3 rings (SSSR count). The summed E-state index contributed by atoms with van der Waals surface area (Å²) < 4.78 is 17.3. The molecule has 4 atom stereocenters. The van der Waals surface area contributed by atoms with Gasteiger partial charge in [0.2, 0.25) is 0 Å². The van der Waals surface area contributed by atoms with Crippen LogP contribution in [0.25, 0.3) is 0 Å². The molecular formula is C17H19N3O5Y-2. The van der Waals surface area contributed by atoms with Gasteiger partial charge >= 0.3 is 5.69 Å². The van der Waals surface area contributed by atoms with E-state index in [1.165, 1.54) is 25.0 Å². The van der Waals surface area contributed by atoms with Crippen LogP contribution >= 0.6 is 0 Å².